The van der Waals surface area contributed by atoms with Crippen LogP contribution in [0.5, 0.6) is 0 Å². The van der Waals surface area contributed by atoms with Gasteiger partial charge in [0.1, 0.15) is 0 Å². The molecule has 0 spiro atoms. The van der Waals surface area contributed by atoms with Crippen molar-refractivity contribution >= 4 is 16.9 Å². The van der Waals surface area contributed by atoms with Gasteiger partial charge in [-0.25, -0.2) is 9.97 Å². The topological polar surface area (TPSA) is 54.9 Å². The second-order valence-electron chi connectivity index (χ2n) is 8.96. The van der Waals surface area contributed by atoms with Crippen LogP contribution in [0.15, 0.2) is 12.1 Å². The Balaban J connectivity index is 2.00. The molecular formula is C22H29N3O. The summed E-state index contributed by atoms with van der Waals surface area (Å²) >= 11 is 0. The van der Waals surface area contributed by atoms with E-state index in [9.17, 15) is 4.79 Å². The fraction of sp³-hybridized carbons (Fsp3) is 0.591. The zero-order chi connectivity index (χ0) is 18.9. The molecule has 1 fully saturated rings. The van der Waals surface area contributed by atoms with Crippen molar-refractivity contribution in [3.05, 3.63) is 34.6 Å². The molecule has 0 aliphatic heterocycles. The molecule has 138 valence electrons. The molecule has 2 atom stereocenters. The van der Waals surface area contributed by atoms with Crippen LogP contribution in [0, 0.1) is 19.3 Å². The van der Waals surface area contributed by atoms with E-state index in [4.69, 9.17) is 9.97 Å². The third kappa shape index (κ3) is 1.83. The maximum Gasteiger partial charge on any atom is 0.232 e. The highest BCUT2D eigenvalue weighted by Crippen LogP contribution is 2.70. The fourth-order valence-electron chi connectivity index (χ4n) is 5.25. The van der Waals surface area contributed by atoms with Crippen LogP contribution in [0.2, 0.25) is 0 Å². The number of nitrogens with one attached hydrogen (secondary N) is 1. The van der Waals surface area contributed by atoms with Gasteiger partial charge in [0.25, 0.3) is 0 Å². The molecule has 2 aliphatic carbocycles. The predicted molar refractivity (Wildman–Crippen MR) is 104 cm³/mol. The zero-order valence-electron chi connectivity index (χ0n) is 16.8. The average molecular weight is 351 g/mol. The first-order valence-electron chi connectivity index (χ1n) is 9.77. The van der Waals surface area contributed by atoms with Gasteiger partial charge in [-0.1, -0.05) is 27.7 Å². The average Bonchev–Trinajstić information content (AvgIpc) is 2.88. The van der Waals surface area contributed by atoms with Crippen LogP contribution in [0.4, 0.5) is 0 Å². The number of nitrogens with zero attached hydrogens (tertiary/aromatic N) is 2. The predicted octanol–water partition coefficient (Wildman–Crippen LogP) is 4.10. The first kappa shape index (κ1) is 17.4. The summed E-state index contributed by atoms with van der Waals surface area (Å²) in [5, 5.41) is 3.17. The molecule has 4 rings (SSSR count). The third-order valence-electron chi connectivity index (χ3n) is 7.58. The summed E-state index contributed by atoms with van der Waals surface area (Å²) in [5.74, 6) is 0.129. The van der Waals surface area contributed by atoms with Crippen molar-refractivity contribution in [3.8, 4) is 0 Å². The highest BCUT2D eigenvalue weighted by Gasteiger charge is 2.73. The summed E-state index contributed by atoms with van der Waals surface area (Å²) in [6.07, 6.45) is 2.77. The third-order valence-corrected chi connectivity index (χ3v) is 7.58. The van der Waals surface area contributed by atoms with E-state index >= 15 is 0 Å². The number of carbonyl (C=O) groups excluding carboxylic acids is 1. The van der Waals surface area contributed by atoms with Gasteiger partial charge < -0.3 is 5.32 Å². The van der Waals surface area contributed by atoms with Crippen molar-refractivity contribution in [3.63, 3.8) is 0 Å². The lowest BCUT2D eigenvalue weighted by Gasteiger charge is -2.39. The van der Waals surface area contributed by atoms with Gasteiger partial charge in [-0.15, -0.1) is 0 Å². The van der Waals surface area contributed by atoms with E-state index < -0.39 is 5.41 Å². The summed E-state index contributed by atoms with van der Waals surface area (Å²) in [7, 11) is 0. The van der Waals surface area contributed by atoms with Crippen LogP contribution in [-0.2, 0) is 15.6 Å². The fourth-order valence-corrected chi connectivity index (χ4v) is 5.25. The SMILES string of the molecule is CCCNC(=O)[C@@]12CC[C@@](C)(c3nc4cc(C)c(C)cc4nc31)C2(C)C. The number of hydrogen-bond acceptors (Lipinski definition) is 3. The van der Waals surface area contributed by atoms with E-state index in [1.165, 1.54) is 11.1 Å². The van der Waals surface area contributed by atoms with Crippen LogP contribution >= 0.6 is 0 Å². The quantitative estimate of drug-likeness (QED) is 0.906. The van der Waals surface area contributed by atoms with Crippen LogP contribution in [0.1, 0.15) is 69.5 Å². The zero-order valence-corrected chi connectivity index (χ0v) is 16.8. The molecule has 1 N–H and O–H groups in total. The normalized spacial score (nSPS) is 28.4. The number of fused-ring (bicyclic) bond motifs is 6. The highest BCUT2D eigenvalue weighted by atomic mass is 16.2. The second kappa shape index (κ2) is 5.28. The van der Waals surface area contributed by atoms with E-state index in [-0.39, 0.29) is 16.7 Å². The number of carbonyl (C=O) groups is 1. The van der Waals surface area contributed by atoms with Crippen LogP contribution in [0.25, 0.3) is 11.0 Å². The Labute approximate surface area is 155 Å². The lowest BCUT2D eigenvalue weighted by molar-refractivity contribution is -0.130. The monoisotopic (exact) mass is 351 g/mol. The molecule has 1 aromatic carbocycles. The smallest absolute Gasteiger partial charge is 0.232 e. The van der Waals surface area contributed by atoms with Gasteiger partial charge in [0.2, 0.25) is 5.91 Å². The van der Waals surface area contributed by atoms with Gasteiger partial charge in [-0.2, -0.15) is 0 Å². The van der Waals surface area contributed by atoms with E-state index in [0.29, 0.717) is 6.54 Å². The van der Waals surface area contributed by atoms with E-state index in [1.54, 1.807) is 0 Å². The van der Waals surface area contributed by atoms with E-state index in [2.05, 4.69) is 59.0 Å². The van der Waals surface area contributed by atoms with Gasteiger partial charge >= 0.3 is 0 Å². The second-order valence-corrected chi connectivity index (χ2v) is 8.96. The first-order valence-corrected chi connectivity index (χ1v) is 9.77. The van der Waals surface area contributed by atoms with Crippen molar-refractivity contribution in [1.29, 1.82) is 0 Å². The molecule has 2 bridgehead atoms. The maximum absolute atomic E-state index is 13.4. The molecule has 2 aromatic rings. The number of benzene rings is 1. The number of hydrogen-bond donors (Lipinski definition) is 1. The standard InChI is InChI=1S/C22H29N3O/c1-7-10-23-19(26)22-9-8-21(6,20(22,4)5)17-18(22)25-16-12-14(3)13(2)11-15(16)24-17/h11-12H,7-10H2,1-6H3,(H,23,26)/t21-,22+/m0/s1. The number of rotatable bonds is 3. The molecule has 0 unspecified atom stereocenters. The van der Waals surface area contributed by atoms with Crippen molar-refractivity contribution < 1.29 is 4.79 Å². The summed E-state index contributed by atoms with van der Waals surface area (Å²) in [4.78, 5) is 23.5. The number of amides is 1. The molecule has 2 aliphatic rings. The van der Waals surface area contributed by atoms with Gasteiger partial charge in [-0.3, -0.25) is 4.79 Å². The molecular weight excluding hydrogens is 322 g/mol. The van der Waals surface area contributed by atoms with E-state index in [0.717, 1.165) is 41.7 Å². The van der Waals surface area contributed by atoms with Crippen LogP contribution in [0.3, 0.4) is 0 Å². The minimum Gasteiger partial charge on any atom is -0.355 e. The Morgan fingerprint density at radius 2 is 1.62 bits per heavy atom. The highest BCUT2D eigenvalue weighted by molar-refractivity contribution is 5.93. The van der Waals surface area contributed by atoms with Crippen LogP contribution in [-0.4, -0.2) is 22.4 Å². The Bertz CT molecular complexity index is 933. The first-order chi connectivity index (χ1) is 12.2. The van der Waals surface area contributed by atoms with Gasteiger partial charge in [0.05, 0.1) is 27.8 Å². The number of aromatic nitrogens is 2. The minimum absolute atomic E-state index is 0.119. The Hall–Kier alpha value is -1.97. The van der Waals surface area contributed by atoms with Gasteiger partial charge in [0.15, 0.2) is 0 Å². The molecule has 26 heavy (non-hydrogen) atoms. The molecule has 0 radical (unpaired) electrons. The Morgan fingerprint density at radius 1 is 1.04 bits per heavy atom. The molecule has 1 saturated carbocycles. The van der Waals surface area contributed by atoms with Crippen LogP contribution < -0.4 is 5.32 Å². The van der Waals surface area contributed by atoms with E-state index in [1.807, 2.05) is 0 Å². The lowest BCUT2D eigenvalue weighted by Crippen LogP contribution is -2.51. The van der Waals surface area contributed by atoms with Crippen molar-refractivity contribution in [2.24, 2.45) is 5.41 Å². The molecule has 1 heterocycles. The Morgan fingerprint density at radius 3 is 2.19 bits per heavy atom. The summed E-state index contributed by atoms with van der Waals surface area (Å²) in [6.45, 7) is 13.7. The summed E-state index contributed by atoms with van der Waals surface area (Å²) < 4.78 is 0. The van der Waals surface area contributed by atoms with Gasteiger partial charge in [0, 0.05) is 12.0 Å². The molecule has 4 heteroatoms. The summed E-state index contributed by atoms with van der Waals surface area (Å²) in [6, 6.07) is 4.24. The van der Waals surface area contributed by atoms with Crippen molar-refractivity contribution in [1.82, 2.24) is 15.3 Å². The number of aryl methyl sites for hydroxylation is 2. The summed E-state index contributed by atoms with van der Waals surface area (Å²) in [5.41, 5.74) is 5.35. The largest absolute Gasteiger partial charge is 0.355 e. The van der Waals surface area contributed by atoms with Gasteiger partial charge in [-0.05, 0) is 61.8 Å². The van der Waals surface area contributed by atoms with Crippen molar-refractivity contribution in [2.45, 2.75) is 71.6 Å². The molecule has 1 amide bonds. The lowest BCUT2D eigenvalue weighted by atomic mass is 9.63. The Kier molecular flexibility index (Phi) is 3.54. The molecule has 1 aromatic heterocycles. The molecule has 4 nitrogen and oxygen atoms in total. The maximum atomic E-state index is 13.4. The molecule has 0 saturated heterocycles. The van der Waals surface area contributed by atoms with Crippen molar-refractivity contribution in [2.75, 3.05) is 6.54 Å². The minimum atomic E-state index is -0.577.